The van der Waals surface area contributed by atoms with E-state index in [1.165, 1.54) is 31.2 Å². The van der Waals surface area contributed by atoms with Gasteiger partial charge < -0.3 is 9.84 Å². The molecular weight excluding hydrogens is 334 g/mol. The Labute approximate surface area is 153 Å². The lowest BCUT2D eigenvalue weighted by Gasteiger charge is -2.34. The number of benzene rings is 2. The summed E-state index contributed by atoms with van der Waals surface area (Å²) >= 11 is 6.20. The fraction of sp³-hybridized carbons (Fsp3) is 0.333. The molecule has 0 saturated heterocycles. The minimum atomic E-state index is -0.109. The minimum Gasteiger partial charge on any atom is -0.508 e. The first-order valence-corrected chi connectivity index (χ1v) is 9.26. The molecule has 2 aromatic rings. The van der Waals surface area contributed by atoms with Gasteiger partial charge in [-0.1, -0.05) is 48.7 Å². The molecule has 2 aromatic carbocycles. The average molecular weight is 356 g/mol. The van der Waals surface area contributed by atoms with Gasteiger partial charge in [0.15, 0.2) is 6.23 Å². The Morgan fingerprint density at radius 1 is 1.08 bits per heavy atom. The second-order valence-corrected chi connectivity index (χ2v) is 7.30. The highest BCUT2D eigenvalue weighted by molar-refractivity contribution is 6.30. The van der Waals surface area contributed by atoms with Gasteiger partial charge in [-0.3, -0.25) is 5.32 Å². The lowest BCUT2D eigenvalue weighted by atomic mass is 9.91. The van der Waals surface area contributed by atoms with E-state index in [0.29, 0.717) is 5.92 Å². The van der Waals surface area contributed by atoms with Crippen molar-refractivity contribution in [3.8, 4) is 5.75 Å². The summed E-state index contributed by atoms with van der Waals surface area (Å²) < 4.78 is 5.93. The first-order valence-electron chi connectivity index (χ1n) is 8.88. The van der Waals surface area contributed by atoms with Crippen LogP contribution in [-0.4, -0.2) is 11.3 Å². The number of nitrogens with one attached hydrogen (secondary N) is 1. The summed E-state index contributed by atoms with van der Waals surface area (Å²) in [6.07, 6.45) is 7.02. The molecule has 3 nitrogen and oxygen atoms in total. The molecule has 1 aliphatic heterocycles. The molecule has 2 N–H and O–H groups in total. The van der Waals surface area contributed by atoms with E-state index in [9.17, 15) is 5.11 Å². The molecule has 0 radical (unpaired) electrons. The van der Waals surface area contributed by atoms with Crippen LogP contribution in [0.2, 0.25) is 5.02 Å². The van der Waals surface area contributed by atoms with Crippen LogP contribution < -0.4 is 5.32 Å². The van der Waals surface area contributed by atoms with Gasteiger partial charge in [0.2, 0.25) is 0 Å². The highest BCUT2D eigenvalue weighted by Gasteiger charge is 2.31. The molecule has 1 unspecified atom stereocenters. The van der Waals surface area contributed by atoms with Crippen LogP contribution in [0.3, 0.4) is 0 Å². The molecule has 25 heavy (non-hydrogen) atoms. The molecule has 0 aromatic heterocycles. The standard InChI is InChI=1S/C21H22ClNO2/c22-17-9-3-8-16(11-17)21(14-5-1-2-6-14)23-20-13-19(25-20)15-7-4-10-18(24)12-15/h3-4,7-14,20-21,23-24H,1-2,5-6H2/t20?,21-/m0/s1. The zero-order valence-electron chi connectivity index (χ0n) is 14.0. The molecule has 1 fully saturated rings. The third-order valence-corrected chi connectivity index (χ3v) is 5.35. The fourth-order valence-corrected chi connectivity index (χ4v) is 4.05. The first kappa shape index (κ1) is 16.5. The Hall–Kier alpha value is -1.97. The second kappa shape index (κ2) is 7.11. The van der Waals surface area contributed by atoms with Crippen molar-refractivity contribution in [1.82, 2.24) is 5.32 Å². The van der Waals surface area contributed by atoms with Crippen LogP contribution in [0.5, 0.6) is 5.75 Å². The van der Waals surface area contributed by atoms with Crippen molar-refractivity contribution in [2.75, 3.05) is 0 Å². The smallest absolute Gasteiger partial charge is 0.173 e. The van der Waals surface area contributed by atoms with Crippen molar-refractivity contribution in [3.05, 3.63) is 70.8 Å². The van der Waals surface area contributed by atoms with Crippen molar-refractivity contribution in [3.63, 3.8) is 0 Å². The van der Waals surface area contributed by atoms with Crippen LogP contribution in [0.25, 0.3) is 5.76 Å². The van der Waals surface area contributed by atoms with E-state index in [1.807, 2.05) is 24.3 Å². The number of aromatic hydroxyl groups is 1. The summed E-state index contributed by atoms with van der Waals surface area (Å²) in [6.45, 7) is 0. The van der Waals surface area contributed by atoms with Crippen molar-refractivity contribution in [2.24, 2.45) is 5.92 Å². The molecule has 1 saturated carbocycles. The number of hydrogen-bond acceptors (Lipinski definition) is 3. The molecule has 0 bridgehead atoms. The van der Waals surface area contributed by atoms with Crippen LogP contribution in [0.1, 0.15) is 42.9 Å². The molecule has 130 valence electrons. The van der Waals surface area contributed by atoms with Gasteiger partial charge in [-0.25, -0.2) is 0 Å². The summed E-state index contributed by atoms with van der Waals surface area (Å²) in [7, 11) is 0. The number of hydrogen-bond donors (Lipinski definition) is 2. The molecule has 4 heteroatoms. The van der Waals surface area contributed by atoms with Gasteiger partial charge in [0.05, 0.1) is 0 Å². The summed E-state index contributed by atoms with van der Waals surface area (Å²) in [4.78, 5) is 0. The van der Waals surface area contributed by atoms with Crippen LogP contribution >= 0.6 is 11.6 Å². The molecular formula is C21H22ClNO2. The van der Waals surface area contributed by atoms with Crippen molar-refractivity contribution >= 4 is 17.4 Å². The van der Waals surface area contributed by atoms with E-state index in [-0.39, 0.29) is 18.0 Å². The lowest BCUT2D eigenvalue weighted by Crippen LogP contribution is -2.40. The molecule has 2 atom stereocenters. The Bertz CT molecular complexity index is 783. The van der Waals surface area contributed by atoms with Gasteiger partial charge in [0.1, 0.15) is 11.5 Å². The third-order valence-electron chi connectivity index (χ3n) is 5.11. The fourth-order valence-electron chi connectivity index (χ4n) is 3.85. The van der Waals surface area contributed by atoms with Crippen LogP contribution in [0.4, 0.5) is 0 Å². The van der Waals surface area contributed by atoms with Crippen LogP contribution in [0.15, 0.2) is 54.6 Å². The number of halogens is 1. The van der Waals surface area contributed by atoms with Crippen molar-refractivity contribution in [1.29, 1.82) is 0 Å². The third kappa shape index (κ3) is 3.68. The van der Waals surface area contributed by atoms with Crippen molar-refractivity contribution in [2.45, 2.75) is 38.0 Å². The predicted molar refractivity (Wildman–Crippen MR) is 100 cm³/mol. The van der Waals surface area contributed by atoms with Crippen molar-refractivity contribution < 1.29 is 9.84 Å². The maximum atomic E-state index is 9.60. The minimum absolute atomic E-state index is 0.109. The molecule has 0 spiro atoms. The summed E-state index contributed by atoms with van der Waals surface area (Å²) in [6, 6.07) is 15.5. The normalized spacial score (nSPS) is 21.3. The molecule has 2 aliphatic rings. The maximum absolute atomic E-state index is 9.60. The van der Waals surface area contributed by atoms with Crippen LogP contribution in [0, 0.1) is 5.92 Å². The summed E-state index contributed by atoms with van der Waals surface area (Å²) in [5.74, 6) is 1.67. The lowest BCUT2D eigenvalue weighted by molar-refractivity contribution is 0.110. The van der Waals surface area contributed by atoms with Crippen LogP contribution in [-0.2, 0) is 4.74 Å². The van der Waals surface area contributed by atoms with E-state index in [2.05, 4.69) is 23.5 Å². The Kier molecular flexibility index (Phi) is 4.69. The van der Waals surface area contributed by atoms with Gasteiger partial charge >= 0.3 is 0 Å². The second-order valence-electron chi connectivity index (χ2n) is 6.86. The molecule has 0 amide bonds. The number of phenolic OH excluding ortho intramolecular Hbond substituents is 1. The van der Waals surface area contributed by atoms with E-state index >= 15 is 0 Å². The van der Waals surface area contributed by atoms with E-state index in [1.54, 1.807) is 12.1 Å². The topological polar surface area (TPSA) is 41.5 Å². The SMILES string of the molecule is Oc1cccc(C2=CC(N[C@H](c3cccc(Cl)c3)C3CCCC3)O2)c1. The monoisotopic (exact) mass is 355 g/mol. The Balaban J connectivity index is 1.50. The van der Waals surface area contributed by atoms with Gasteiger partial charge in [0, 0.05) is 22.7 Å². The Morgan fingerprint density at radius 2 is 1.84 bits per heavy atom. The molecule has 4 rings (SSSR count). The van der Waals surface area contributed by atoms with Gasteiger partial charge in [-0.05, 0) is 48.6 Å². The van der Waals surface area contributed by atoms with Gasteiger partial charge in [0.25, 0.3) is 0 Å². The predicted octanol–water partition coefficient (Wildman–Crippen LogP) is 5.26. The largest absolute Gasteiger partial charge is 0.508 e. The number of ether oxygens (including phenoxy) is 1. The van der Waals surface area contributed by atoms with E-state index in [0.717, 1.165) is 16.3 Å². The zero-order chi connectivity index (χ0) is 17.2. The van der Waals surface area contributed by atoms with E-state index < -0.39 is 0 Å². The Morgan fingerprint density at radius 3 is 2.56 bits per heavy atom. The quantitative estimate of drug-likeness (QED) is 0.768. The summed E-state index contributed by atoms with van der Waals surface area (Å²) in [5, 5.41) is 14.0. The number of phenols is 1. The highest BCUT2D eigenvalue weighted by Crippen LogP contribution is 2.38. The average Bonchev–Trinajstić information content (AvgIpc) is 3.08. The molecule has 1 heterocycles. The first-order chi connectivity index (χ1) is 12.2. The van der Waals surface area contributed by atoms with E-state index in [4.69, 9.17) is 16.3 Å². The summed E-state index contributed by atoms with van der Waals surface area (Å²) in [5.41, 5.74) is 2.13. The van der Waals surface area contributed by atoms with Gasteiger partial charge in [-0.2, -0.15) is 0 Å². The zero-order valence-corrected chi connectivity index (χ0v) is 14.7. The number of rotatable bonds is 5. The van der Waals surface area contributed by atoms with Gasteiger partial charge in [-0.15, -0.1) is 0 Å². The molecule has 1 aliphatic carbocycles. The highest BCUT2D eigenvalue weighted by atomic mass is 35.5. The maximum Gasteiger partial charge on any atom is 0.173 e.